The van der Waals surface area contributed by atoms with E-state index in [9.17, 15) is 4.39 Å². The zero-order valence-corrected chi connectivity index (χ0v) is 11.6. The van der Waals surface area contributed by atoms with Crippen LogP contribution < -0.4 is 10.1 Å². The topological polar surface area (TPSA) is 47.0 Å². The summed E-state index contributed by atoms with van der Waals surface area (Å²) in [5.74, 6) is -0.127. The van der Waals surface area contributed by atoms with E-state index < -0.39 is 0 Å². The third kappa shape index (κ3) is 3.30. The predicted octanol–water partition coefficient (Wildman–Crippen LogP) is 2.71. The van der Waals surface area contributed by atoms with Crippen molar-refractivity contribution in [3.8, 4) is 5.75 Å². The zero-order valence-electron chi connectivity index (χ0n) is 11.6. The normalized spacial score (nSPS) is 12.2. The van der Waals surface area contributed by atoms with E-state index in [4.69, 9.17) is 4.74 Å². The van der Waals surface area contributed by atoms with Gasteiger partial charge in [-0.1, -0.05) is 13.0 Å². The van der Waals surface area contributed by atoms with Crippen molar-refractivity contribution in [1.82, 2.24) is 15.3 Å². The molecule has 0 bridgehead atoms. The van der Waals surface area contributed by atoms with Gasteiger partial charge in [0.15, 0.2) is 11.6 Å². The molecule has 0 saturated carbocycles. The quantitative estimate of drug-likeness (QED) is 0.880. The number of nitrogens with zero attached hydrogens (tertiary/aromatic N) is 2. The van der Waals surface area contributed by atoms with Gasteiger partial charge in [-0.05, 0) is 30.7 Å². The number of ether oxygens (including phenoxy) is 1. The summed E-state index contributed by atoms with van der Waals surface area (Å²) >= 11 is 0. The summed E-state index contributed by atoms with van der Waals surface area (Å²) in [7, 11) is 1.45. The summed E-state index contributed by atoms with van der Waals surface area (Å²) in [4.78, 5) is 8.05. The molecule has 5 heteroatoms. The fourth-order valence-electron chi connectivity index (χ4n) is 2.04. The molecule has 1 aromatic carbocycles. The number of hydrogen-bond acceptors (Lipinski definition) is 4. The number of nitrogens with one attached hydrogen (secondary N) is 1. The first kappa shape index (κ1) is 14.4. The van der Waals surface area contributed by atoms with Crippen LogP contribution in [-0.2, 0) is 0 Å². The number of benzene rings is 1. The van der Waals surface area contributed by atoms with Crippen LogP contribution in [0.4, 0.5) is 4.39 Å². The number of rotatable bonds is 6. The van der Waals surface area contributed by atoms with Crippen LogP contribution in [0.15, 0.2) is 36.9 Å². The Morgan fingerprint density at radius 2 is 2.00 bits per heavy atom. The number of halogens is 1. The maximum Gasteiger partial charge on any atom is 0.165 e. The van der Waals surface area contributed by atoms with Gasteiger partial charge in [-0.2, -0.15) is 0 Å². The first-order valence-corrected chi connectivity index (χ1v) is 6.58. The smallest absolute Gasteiger partial charge is 0.165 e. The highest BCUT2D eigenvalue weighted by Gasteiger charge is 2.16. The average molecular weight is 275 g/mol. The molecule has 4 nitrogen and oxygen atoms in total. The van der Waals surface area contributed by atoms with Crippen molar-refractivity contribution in [2.24, 2.45) is 0 Å². The first-order chi connectivity index (χ1) is 9.76. The Bertz CT molecular complexity index is 548. The van der Waals surface area contributed by atoms with E-state index in [2.05, 4.69) is 22.2 Å². The second-order valence-corrected chi connectivity index (χ2v) is 4.45. The Morgan fingerprint density at radius 1 is 1.25 bits per heavy atom. The maximum atomic E-state index is 13.9. The second-order valence-electron chi connectivity index (χ2n) is 4.45. The largest absolute Gasteiger partial charge is 0.494 e. The summed E-state index contributed by atoms with van der Waals surface area (Å²) in [6, 6.07) is 4.84. The van der Waals surface area contributed by atoms with Crippen LogP contribution in [0.1, 0.15) is 30.5 Å². The van der Waals surface area contributed by atoms with Crippen molar-refractivity contribution in [3.63, 3.8) is 0 Å². The molecule has 0 saturated heterocycles. The molecule has 0 aliphatic heterocycles. The molecule has 1 aromatic heterocycles. The van der Waals surface area contributed by atoms with E-state index in [1.54, 1.807) is 18.5 Å². The molecule has 1 heterocycles. The monoisotopic (exact) mass is 275 g/mol. The molecule has 20 heavy (non-hydrogen) atoms. The molecule has 1 N–H and O–H groups in total. The summed E-state index contributed by atoms with van der Waals surface area (Å²) in [5.41, 5.74) is 1.73. The highest BCUT2D eigenvalue weighted by molar-refractivity contribution is 5.35. The number of aromatic nitrogens is 2. The lowest BCUT2D eigenvalue weighted by Crippen LogP contribution is -2.23. The Labute approximate surface area is 118 Å². The van der Waals surface area contributed by atoms with Gasteiger partial charge in [-0.15, -0.1) is 0 Å². The van der Waals surface area contributed by atoms with Crippen molar-refractivity contribution >= 4 is 0 Å². The first-order valence-electron chi connectivity index (χ1n) is 6.58. The van der Waals surface area contributed by atoms with Gasteiger partial charge in [-0.25, -0.2) is 14.4 Å². The summed E-state index contributed by atoms with van der Waals surface area (Å²) in [6.45, 7) is 2.91. The summed E-state index contributed by atoms with van der Waals surface area (Å²) in [5, 5.41) is 3.38. The van der Waals surface area contributed by atoms with Gasteiger partial charge in [-0.3, -0.25) is 0 Å². The highest BCUT2D eigenvalue weighted by atomic mass is 19.1. The molecule has 0 aliphatic carbocycles. The average Bonchev–Trinajstić information content (AvgIpc) is 2.49. The van der Waals surface area contributed by atoms with Gasteiger partial charge in [0.05, 0.1) is 13.2 Å². The van der Waals surface area contributed by atoms with Crippen molar-refractivity contribution in [3.05, 3.63) is 53.9 Å². The van der Waals surface area contributed by atoms with Crippen LogP contribution >= 0.6 is 0 Å². The minimum atomic E-state index is -0.370. The Kier molecular flexibility index (Phi) is 5.01. The lowest BCUT2D eigenvalue weighted by atomic mass is 10.0. The maximum absolute atomic E-state index is 13.9. The molecular weight excluding hydrogens is 257 g/mol. The molecule has 106 valence electrons. The van der Waals surface area contributed by atoms with Crippen molar-refractivity contribution in [2.75, 3.05) is 13.7 Å². The van der Waals surface area contributed by atoms with Gasteiger partial charge in [0.2, 0.25) is 0 Å². The van der Waals surface area contributed by atoms with Crippen LogP contribution in [0, 0.1) is 5.82 Å². The van der Waals surface area contributed by atoms with Crippen molar-refractivity contribution in [2.45, 2.75) is 19.4 Å². The Morgan fingerprint density at radius 3 is 2.60 bits per heavy atom. The van der Waals surface area contributed by atoms with Gasteiger partial charge < -0.3 is 10.1 Å². The van der Waals surface area contributed by atoms with Gasteiger partial charge in [0, 0.05) is 18.0 Å². The minimum absolute atomic E-state index is 0.128. The fraction of sp³-hybridized carbons (Fsp3) is 0.333. The molecule has 0 fully saturated rings. The van der Waals surface area contributed by atoms with Crippen LogP contribution in [0.2, 0.25) is 0 Å². The van der Waals surface area contributed by atoms with Crippen LogP contribution in [0.3, 0.4) is 0 Å². The molecule has 1 unspecified atom stereocenters. The Hall–Kier alpha value is -2.01. The molecule has 0 spiro atoms. The van der Waals surface area contributed by atoms with E-state index in [1.165, 1.54) is 19.5 Å². The molecule has 0 aliphatic rings. The lowest BCUT2D eigenvalue weighted by molar-refractivity contribution is 0.385. The fourth-order valence-corrected chi connectivity index (χ4v) is 2.04. The van der Waals surface area contributed by atoms with Crippen LogP contribution in [0.5, 0.6) is 5.75 Å². The van der Waals surface area contributed by atoms with E-state index in [-0.39, 0.29) is 17.6 Å². The third-order valence-corrected chi connectivity index (χ3v) is 3.02. The molecule has 0 amide bonds. The third-order valence-electron chi connectivity index (χ3n) is 3.02. The van der Waals surface area contributed by atoms with Crippen LogP contribution in [0.25, 0.3) is 0 Å². The second kappa shape index (κ2) is 6.96. The molecular formula is C15H18FN3O. The summed E-state index contributed by atoms with van der Waals surface area (Å²) in [6.07, 6.45) is 5.95. The standard InChI is InChI=1S/C15H18FN3O/c1-3-6-19-15(12-8-17-10-18-9-12)11-4-5-14(20-2)13(16)7-11/h4-5,7-10,15,19H,3,6H2,1-2H3. The highest BCUT2D eigenvalue weighted by Crippen LogP contribution is 2.25. The molecule has 2 aromatic rings. The lowest BCUT2D eigenvalue weighted by Gasteiger charge is -2.19. The van der Waals surface area contributed by atoms with Crippen molar-refractivity contribution in [1.29, 1.82) is 0 Å². The molecule has 1 atom stereocenters. The van der Waals surface area contributed by atoms with E-state index in [0.717, 1.165) is 24.1 Å². The van der Waals surface area contributed by atoms with Crippen molar-refractivity contribution < 1.29 is 9.13 Å². The van der Waals surface area contributed by atoms with Gasteiger partial charge in [0.25, 0.3) is 0 Å². The minimum Gasteiger partial charge on any atom is -0.494 e. The van der Waals surface area contributed by atoms with Gasteiger partial charge in [0.1, 0.15) is 6.33 Å². The molecule has 0 radical (unpaired) electrons. The SMILES string of the molecule is CCCNC(c1cncnc1)c1ccc(OC)c(F)c1. The van der Waals surface area contributed by atoms with Crippen LogP contribution in [-0.4, -0.2) is 23.6 Å². The van der Waals surface area contributed by atoms with E-state index in [1.807, 2.05) is 6.07 Å². The Balaban J connectivity index is 2.33. The van der Waals surface area contributed by atoms with Gasteiger partial charge >= 0.3 is 0 Å². The predicted molar refractivity (Wildman–Crippen MR) is 75.1 cm³/mol. The summed E-state index contributed by atoms with van der Waals surface area (Å²) < 4.78 is 18.8. The number of methoxy groups -OCH3 is 1. The van der Waals surface area contributed by atoms with E-state index in [0.29, 0.717) is 0 Å². The number of hydrogen-bond donors (Lipinski definition) is 1. The zero-order chi connectivity index (χ0) is 14.4. The van der Waals surface area contributed by atoms with E-state index >= 15 is 0 Å². The molecule has 2 rings (SSSR count).